The molecule has 0 aromatic heterocycles. The van der Waals surface area contributed by atoms with Crippen molar-refractivity contribution in [1.82, 2.24) is 9.21 Å². The van der Waals surface area contributed by atoms with Gasteiger partial charge in [0, 0.05) is 25.9 Å². The number of carbonyl (C=O) groups is 2. The first-order valence-corrected chi connectivity index (χ1v) is 8.05. The van der Waals surface area contributed by atoms with E-state index >= 15 is 0 Å². The molecule has 0 bridgehead atoms. The maximum Gasteiger partial charge on any atom is 0.246 e. The van der Waals surface area contributed by atoms with Crippen LogP contribution in [0.15, 0.2) is 23.1 Å². The van der Waals surface area contributed by atoms with Crippen LogP contribution in [-0.4, -0.2) is 48.6 Å². The zero-order valence-electron chi connectivity index (χ0n) is 11.3. The van der Waals surface area contributed by atoms with Gasteiger partial charge in [-0.15, -0.1) is 0 Å². The van der Waals surface area contributed by atoms with E-state index < -0.39 is 32.6 Å². The van der Waals surface area contributed by atoms with Crippen molar-refractivity contribution in [2.24, 2.45) is 0 Å². The van der Waals surface area contributed by atoms with Gasteiger partial charge in [-0.1, -0.05) is 0 Å². The lowest BCUT2D eigenvalue weighted by Gasteiger charge is -2.41. The summed E-state index contributed by atoms with van der Waals surface area (Å²) in [6.45, 7) is -0.203. The van der Waals surface area contributed by atoms with E-state index in [2.05, 4.69) is 0 Å². The van der Waals surface area contributed by atoms with Crippen molar-refractivity contribution in [2.75, 3.05) is 13.1 Å². The summed E-state index contributed by atoms with van der Waals surface area (Å²) in [5.41, 5.74) is 0. The smallest absolute Gasteiger partial charge is 0.246 e. The van der Waals surface area contributed by atoms with Crippen molar-refractivity contribution < 1.29 is 26.8 Å². The molecular formula is C13H12F2N2O4S. The van der Waals surface area contributed by atoms with Gasteiger partial charge in [0.25, 0.3) is 0 Å². The van der Waals surface area contributed by atoms with Crippen LogP contribution >= 0.6 is 0 Å². The van der Waals surface area contributed by atoms with Crippen LogP contribution in [0.4, 0.5) is 8.78 Å². The Balaban J connectivity index is 1.78. The fraction of sp³-hybridized carbons (Fsp3) is 0.385. The molecule has 0 saturated carbocycles. The van der Waals surface area contributed by atoms with Crippen LogP contribution in [0.5, 0.6) is 0 Å². The van der Waals surface area contributed by atoms with Gasteiger partial charge in [0.05, 0.1) is 6.04 Å². The van der Waals surface area contributed by atoms with Crippen LogP contribution in [-0.2, 0) is 19.6 Å². The quantitative estimate of drug-likeness (QED) is 0.756. The predicted octanol–water partition coefficient (Wildman–Crippen LogP) is 0.487. The second-order valence-electron chi connectivity index (χ2n) is 5.21. The van der Waals surface area contributed by atoms with Crippen molar-refractivity contribution in [3.8, 4) is 0 Å². The third-order valence-corrected chi connectivity index (χ3v) is 5.64. The lowest BCUT2D eigenvalue weighted by atomic mass is 10.1. The Morgan fingerprint density at radius 1 is 1.05 bits per heavy atom. The summed E-state index contributed by atoms with van der Waals surface area (Å²) in [7, 11) is -4.18. The van der Waals surface area contributed by atoms with E-state index in [4.69, 9.17) is 0 Å². The number of rotatable bonds is 3. The average molecular weight is 330 g/mol. The lowest BCUT2D eigenvalue weighted by Crippen LogP contribution is -2.62. The number of nitrogens with zero attached hydrogens (tertiary/aromatic N) is 2. The van der Waals surface area contributed by atoms with Crippen LogP contribution in [0.25, 0.3) is 0 Å². The highest BCUT2D eigenvalue weighted by molar-refractivity contribution is 7.89. The zero-order chi connectivity index (χ0) is 16.1. The van der Waals surface area contributed by atoms with E-state index in [9.17, 15) is 26.8 Å². The van der Waals surface area contributed by atoms with Crippen molar-refractivity contribution in [1.29, 1.82) is 0 Å². The van der Waals surface area contributed by atoms with Crippen LogP contribution < -0.4 is 0 Å². The number of halogens is 2. The van der Waals surface area contributed by atoms with Gasteiger partial charge in [-0.25, -0.2) is 17.2 Å². The molecule has 0 spiro atoms. The maximum atomic E-state index is 13.6. The van der Waals surface area contributed by atoms with Crippen molar-refractivity contribution in [3.05, 3.63) is 29.8 Å². The van der Waals surface area contributed by atoms with Gasteiger partial charge in [0.1, 0.15) is 16.5 Å². The highest BCUT2D eigenvalue weighted by atomic mass is 32.2. The number of hydrogen-bond acceptors (Lipinski definition) is 4. The van der Waals surface area contributed by atoms with Crippen LogP contribution in [0.1, 0.15) is 12.8 Å². The van der Waals surface area contributed by atoms with Crippen LogP contribution in [0.3, 0.4) is 0 Å². The van der Waals surface area contributed by atoms with Gasteiger partial charge in [0.15, 0.2) is 0 Å². The minimum Gasteiger partial charge on any atom is -0.277 e. The maximum absolute atomic E-state index is 13.6. The summed E-state index contributed by atoms with van der Waals surface area (Å²) in [6.07, 6.45) is 0.251. The van der Waals surface area contributed by atoms with Crippen LogP contribution in [0.2, 0.25) is 0 Å². The Labute approximate surface area is 125 Å². The normalized spacial score (nSPS) is 20.5. The topological polar surface area (TPSA) is 74.8 Å². The first-order chi connectivity index (χ1) is 10.3. The van der Waals surface area contributed by atoms with E-state index in [1.807, 2.05) is 0 Å². The number of carbonyl (C=O) groups excluding carboxylic acids is 2. The lowest BCUT2D eigenvalue weighted by molar-refractivity contribution is -0.143. The van der Waals surface area contributed by atoms with E-state index in [0.717, 1.165) is 21.3 Å². The molecule has 0 unspecified atom stereocenters. The molecule has 0 N–H and O–H groups in total. The van der Waals surface area contributed by atoms with E-state index in [1.54, 1.807) is 0 Å². The Bertz CT molecular complexity index is 743. The summed E-state index contributed by atoms with van der Waals surface area (Å²) >= 11 is 0. The van der Waals surface area contributed by atoms with Crippen molar-refractivity contribution in [3.63, 3.8) is 0 Å². The van der Waals surface area contributed by atoms with Gasteiger partial charge in [0.2, 0.25) is 21.8 Å². The van der Waals surface area contributed by atoms with Gasteiger partial charge in [-0.2, -0.15) is 4.31 Å². The molecule has 0 atom stereocenters. The molecule has 0 aliphatic carbocycles. The molecule has 2 amide bonds. The number of imide groups is 1. The van der Waals surface area contributed by atoms with Gasteiger partial charge < -0.3 is 0 Å². The molecule has 0 radical (unpaired) electrons. The monoisotopic (exact) mass is 330 g/mol. The van der Waals surface area contributed by atoms with Crippen LogP contribution in [0, 0.1) is 11.6 Å². The molecule has 9 heteroatoms. The molecule has 6 nitrogen and oxygen atoms in total. The van der Waals surface area contributed by atoms with Gasteiger partial charge in [-0.05, 0) is 18.2 Å². The van der Waals surface area contributed by atoms with Crippen molar-refractivity contribution in [2.45, 2.75) is 23.8 Å². The number of benzene rings is 1. The Morgan fingerprint density at radius 2 is 1.64 bits per heavy atom. The second kappa shape index (κ2) is 5.10. The van der Waals surface area contributed by atoms with Gasteiger partial charge in [-0.3, -0.25) is 14.5 Å². The molecule has 2 aliphatic rings. The SMILES string of the molecule is O=C1CCC(=O)N1C1CN(S(=O)(=O)c2cc(F)ccc2F)C1. The summed E-state index contributed by atoms with van der Waals surface area (Å²) in [5.74, 6) is -2.56. The third kappa shape index (κ3) is 2.30. The fourth-order valence-electron chi connectivity index (χ4n) is 2.59. The molecule has 118 valence electrons. The number of amides is 2. The minimum atomic E-state index is -4.18. The highest BCUT2D eigenvalue weighted by Crippen LogP contribution is 2.28. The predicted molar refractivity (Wildman–Crippen MR) is 70.0 cm³/mol. The summed E-state index contributed by atoms with van der Waals surface area (Å²) in [6, 6.07) is 1.65. The molecule has 1 aromatic carbocycles. The minimum absolute atomic E-state index is 0.101. The summed E-state index contributed by atoms with van der Waals surface area (Å²) in [5, 5.41) is 0. The number of likely N-dealkylation sites (tertiary alicyclic amines) is 1. The molecule has 2 fully saturated rings. The zero-order valence-corrected chi connectivity index (χ0v) is 12.1. The second-order valence-corrected chi connectivity index (χ2v) is 7.11. The average Bonchev–Trinajstić information content (AvgIpc) is 2.71. The molecule has 2 heterocycles. The first-order valence-electron chi connectivity index (χ1n) is 6.61. The molecule has 22 heavy (non-hydrogen) atoms. The largest absolute Gasteiger partial charge is 0.277 e. The Hall–Kier alpha value is -1.87. The molecule has 1 aromatic rings. The van der Waals surface area contributed by atoms with E-state index in [0.29, 0.717) is 6.07 Å². The van der Waals surface area contributed by atoms with E-state index in [1.165, 1.54) is 0 Å². The standard InChI is InChI=1S/C13H12F2N2O4S/c14-8-1-2-10(15)11(5-8)22(20,21)16-6-9(7-16)17-12(18)3-4-13(17)19/h1-2,5,9H,3-4,6-7H2. The molecule has 2 aliphatic heterocycles. The van der Waals surface area contributed by atoms with E-state index in [-0.39, 0.29) is 37.7 Å². The first kappa shape index (κ1) is 15.0. The Morgan fingerprint density at radius 3 is 2.23 bits per heavy atom. The Kier molecular flexibility index (Phi) is 3.48. The third-order valence-electron chi connectivity index (χ3n) is 3.80. The molecule has 3 rings (SSSR count). The molecular weight excluding hydrogens is 318 g/mol. The number of hydrogen-bond donors (Lipinski definition) is 0. The number of sulfonamides is 1. The molecule has 2 saturated heterocycles. The highest BCUT2D eigenvalue weighted by Gasteiger charge is 2.46. The van der Waals surface area contributed by atoms with Crippen molar-refractivity contribution >= 4 is 21.8 Å². The summed E-state index contributed by atoms with van der Waals surface area (Å²) < 4.78 is 52.2. The summed E-state index contributed by atoms with van der Waals surface area (Å²) in [4.78, 5) is 23.5. The van der Waals surface area contributed by atoms with Gasteiger partial charge >= 0.3 is 0 Å². The fourth-order valence-corrected chi connectivity index (χ4v) is 4.18.